The van der Waals surface area contributed by atoms with Crippen LogP contribution in [0.3, 0.4) is 0 Å². The second-order valence-electron chi connectivity index (χ2n) is 6.44. The molecule has 0 heterocycles. The van der Waals surface area contributed by atoms with E-state index in [0.717, 1.165) is 25.7 Å². The van der Waals surface area contributed by atoms with Gasteiger partial charge in [0.15, 0.2) is 0 Å². The molecule has 2 aliphatic carbocycles. The van der Waals surface area contributed by atoms with Gasteiger partial charge in [-0.15, -0.1) is 0 Å². The average Bonchev–Trinajstić information content (AvgIpc) is 2.47. The van der Waals surface area contributed by atoms with E-state index in [1.807, 2.05) is 7.05 Å². The molecule has 0 atom stereocenters. The van der Waals surface area contributed by atoms with Crippen molar-refractivity contribution in [2.24, 2.45) is 11.8 Å². The van der Waals surface area contributed by atoms with Gasteiger partial charge in [-0.2, -0.15) is 13.2 Å². The van der Waals surface area contributed by atoms with Gasteiger partial charge < -0.3 is 10.6 Å². The molecule has 2 rings (SSSR count). The summed E-state index contributed by atoms with van der Waals surface area (Å²) in [5.74, 6) is -1.48. The highest BCUT2D eigenvalue weighted by Gasteiger charge is 2.42. The lowest BCUT2D eigenvalue weighted by atomic mass is 9.81. The smallest absolute Gasteiger partial charge is 0.353 e. The molecule has 0 spiro atoms. The molecule has 21 heavy (non-hydrogen) atoms. The Labute approximate surface area is 124 Å². The highest BCUT2D eigenvalue weighted by Crippen LogP contribution is 2.39. The van der Waals surface area contributed by atoms with Crippen LogP contribution in [0.5, 0.6) is 0 Å². The van der Waals surface area contributed by atoms with Crippen molar-refractivity contribution in [2.75, 3.05) is 7.05 Å². The predicted molar refractivity (Wildman–Crippen MR) is 74.7 cm³/mol. The fourth-order valence-electron chi connectivity index (χ4n) is 3.53. The molecule has 122 valence electrons. The molecule has 0 radical (unpaired) electrons. The Bertz CT molecular complexity index is 343. The van der Waals surface area contributed by atoms with E-state index in [2.05, 4.69) is 10.6 Å². The molecular formula is C15H25F3N2O. The second-order valence-corrected chi connectivity index (χ2v) is 6.44. The van der Waals surface area contributed by atoms with Gasteiger partial charge >= 0.3 is 6.18 Å². The van der Waals surface area contributed by atoms with Crippen molar-refractivity contribution in [3.63, 3.8) is 0 Å². The highest BCUT2D eigenvalue weighted by atomic mass is 19.4. The minimum atomic E-state index is -4.10. The van der Waals surface area contributed by atoms with Crippen LogP contribution in [0.4, 0.5) is 13.2 Å². The average molecular weight is 306 g/mol. The maximum absolute atomic E-state index is 12.6. The zero-order valence-electron chi connectivity index (χ0n) is 12.5. The van der Waals surface area contributed by atoms with Crippen LogP contribution < -0.4 is 10.6 Å². The summed E-state index contributed by atoms with van der Waals surface area (Å²) < 4.78 is 37.8. The van der Waals surface area contributed by atoms with Gasteiger partial charge in [-0.1, -0.05) is 0 Å². The van der Waals surface area contributed by atoms with Crippen molar-refractivity contribution >= 4 is 5.91 Å². The Hall–Kier alpha value is -0.780. The predicted octanol–water partition coefficient (Wildman–Crippen LogP) is 3.00. The van der Waals surface area contributed by atoms with Crippen LogP contribution in [0, 0.1) is 11.8 Å². The van der Waals surface area contributed by atoms with Crippen LogP contribution in [0.25, 0.3) is 0 Å². The third kappa shape index (κ3) is 4.59. The molecular weight excluding hydrogens is 281 g/mol. The number of amides is 1. The lowest BCUT2D eigenvalue weighted by molar-refractivity contribution is -0.184. The van der Waals surface area contributed by atoms with Crippen LogP contribution in [-0.2, 0) is 4.79 Å². The van der Waals surface area contributed by atoms with E-state index in [0.29, 0.717) is 18.9 Å². The zero-order chi connectivity index (χ0) is 15.5. The Morgan fingerprint density at radius 3 is 1.90 bits per heavy atom. The van der Waals surface area contributed by atoms with Gasteiger partial charge in [0.25, 0.3) is 0 Å². The molecule has 2 aliphatic rings. The van der Waals surface area contributed by atoms with Crippen molar-refractivity contribution in [3.8, 4) is 0 Å². The van der Waals surface area contributed by atoms with Crippen LogP contribution in [0.15, 0.2) is 0 Å². The number of hydrogen-bond acceptors (Lipinski definition) is 2. The minimum absolute atomic E-state index is 0.0384. The summed E-state index contributed by atoms with van der Waals surface area (Å²) in [7, 11) is 1.95. The Morgan fingerprint density at radius 2 is 1.43 bits per heavy atom. The summed E-state index contributed by atoms with van der Waals surface area (Å²) in [5, 5.41) is 6.28. The van der Waals surface area contributed by atoms with Gasteiger partial charge in [0, 0.05) is 18.0 Å². The first-order valence-electron chi connectivity index (χ1n) is 7.94. The lowest BCUT2D eigenvalue weighted by Crippen LogP contribution is -2.44. The Balaban J connectivity index is 1.73. The summed E-state index contributed by atoms with van der Waals surface area (Å²) in [5.41, 5.74) is 0. The molecule has 0 aliphatic heterocycles. The summed E-state index contributed by atoms with van der Waals surface area (Å²) in [6.45, 7) is 0. The van der Waals surface area contributed by atoms with Crippen LogP contribution in [0.1, 0.15) is 51.4 Å². The Kier molecular flexibility index (Phi) is 5.52. The first kappa shape index (κ1) is 16.6. The molecule has 0 saturated heterocycles. The van der Waals surface area contributed by atoms with Gasteiger partial charge in [-0.3, -0.25) is 4.79 Å². The Morgan fingerprint density at radius 1 is 0.905 bits per heavy atom. The van der Waals surface area contributed by atoms with E-state index in [1.54, 1.807) is 0 Å². The maximum Gasteiger partial charge on any atom is 0.391 e. The van der Waals surface area contributed by atoms with Crippen molar-refractivity contribution in [1.82, 2.24) is 10.6 Å². The molecule has 2 fully saturated rings. The van der Waals surface area contributed by atoms with Crippen molar-refractivity contribution < 1.29 is 18.0 Å². The molecule has 0 unspecified atom stereocenters. The standard InChI is InChI=1S/C15H25F3N2O/c1-19-12-6-8-13(9-7-12)20-14(21)10-2-4-11(5-3-10)15(16,17)18/h10-13,19H,2-9H2,1H3,(H,20,21). The number of nitrogens with one attached hydrogen (secondary N) is 2. The monoisotopic (exact) mass is 306 g/mol. The molecule has 2 N–H and O–H groups in total. The number of hydrogen-bond donors (Lipinski definition) is 2. The quantitative estimate of drug-likeness (QED) is 0.841. The summed E-state index contributed by atoms with van der Waals surface area (Å²) >= 11 is 0. The largest absolute Gasteiger partial charge is 0.391 e. The normalized spacial score (nSPS) is 34.5. The van der Waals surface area contributed by atoms with Crippen LogP contribution >= 0.6 is 0 Å². The molecule has 6 heteroatoms. The third-order valence-corrected chi connectivity index (χ3v) is 5.04. The number of halogens is 3. The summed E-state index contributed by atoms with van der Waals surface area (Å²) in [6, 6.07) is 0.725. The zero-order valence-corrected chi connectivity index (χ0v) is 12.5. The van der Waals surface area contributed by atoms with Crippen molar-refractivity contribution in [2.45, 2.75) is 69.6 Å². The molecule has 1 amide bonds. The fraction of sp³-hybridized carbons (Fsp3) is 0.933. The summed E-state index contributed by atoms with van der Waals surface area (Å²) in [6.07, 6.45) is 0.799. The van der Waals surface area contributed by atoms with Crippen LogP contribution in [-0.4, -0.2) is 31.2 Å². The SMILES string of the molecule is CNC1CCC(NC(=O)C2CCC(C(F)(F)F)CC2)CC1. The molecule has 0 aromatic rings. The van der Waals surface area contributed by atoms with Crippen molar-refractivity contribution in [3.05, 3.63) is 0 Å². The minimum Gasteiger partial charge on any atom is -0.353 e. The van der Waals surface area contributed by atoms with Crippen LogP contribution in [0.2, 0.25) is 0 Å². The highest BCUT2D eigenvalue weighted by molar-refractivity contribution is 5.79. The molecule has 0 aromatic heterocycles. The molecule has 3 nitrogen and oxygen atoms in total. The number of alkyl halides is 3. The van der Waals surface area contributed by atoms with E-state index in [1.165, 1.54) is 0 Å². The summed E-state index contributed by atoms with van der Waals surface area (Å²) in [4.78, 5) is 12.2. The number of carbonyl (C=O) groups is 1. The number of rotatable bonds is 3. The van der Waals surface area contributed by atoms with Gasteiger partial charge in [-0.25, -0.2) is 0 Å². The van der Waals surface area contributed by atoms with Gasteiger partial charge in [0.05, 0.1) is 5.92 Å². The molecule has 2 saturated carbocycles. The van der Waals surface area contributed by atoms with E-state index in [-0.39, 0.29) is 30.7 Å². The van der Waals surface area contributed by atoms with E-state index < -0.39 is 12.1 Å². The topological polar surface area (TPSA) is 41.1 Å². The third-order valence-electron chi connectivity index (χ3n) is 5.04. The van der Waals surface area contributed by atoms with Gasteiger partial charge in [-0.05, 0) is 58.4 Å². The van der Waals surface area contributed by atoms with Gasteiger partial charge in [0.1, 0.15) is 0 Å². The van der Waals surface area contributed by atoms with Crippen molar-refractivity contribution in [1.29, 1.82) is 0 Å². The lowest BCUT2D eigenvalue weighted by Gasteiger charge is -2.32. The van der Waals surface area contributed by atoms with Gasteiger partial charge in [0.2, 0.25) is 5.91 Å². The molecule has 0 bridgehead atoms. The second kappa shape index (κ2) is 6.99. The first-order valence-corrected chi connectivity index (χ1v) is 7.94. The van der Waals surface area contributed by atoms with E-state index in [4.69, 9.17) is 0 Å². The fourth-order valence-corrected chi connectivity index (χ4v) is 3.53. The van der Waals surface area contributed by atoms with E-state index >= 15 is 0 Å². The van der Waals surface area contributed by atoms with E-state index in [9.17, 15) is 18.0 Å². The first-order chi connectivity index (χ1) is 9.90. The number of carbonyl (C=O) groups excluding carboxylic acids is 1. The molecule has 0 aromatic carbocycles. The maximum atomic E-state index is 12.6.